The second kappa shape index (κ2) is 4.48. The summed E-state index contributed by atoms with van der Waals surface area (Å²) in [5.41, 5.74) is 0.848. The molecule has 0 spiro atoms. The third-order valence-electron chi connectivity index (χ3n) is 2.67. The molecule has 0 saturated carbocycles. The van der Waals surface area contributed by atoms with E-state index >= 15 is 0 Å². The van der Waals surface area contributed by atoms with Gasteiger partial charge in [0.1, 0.15) is 17.2 Å². The smallest absolute Gasteiger partial charge is 0.126 e. The zero-order valence-electron chi connectivity index (χ0n) is 11.7. The molecule has 1 aromatic heterocycles. The van der Waals surface area contributed by atoms with Gasteiger partial charge in [-0.15, -0.1) is 0 Å². The average molecular weight is 244 g/mol. The predicted molar refractivity (Wildman–Crippen MR) is 76.4 cm³/mol. The first-order valence-electron chi connectivity index (χ1n) is 6.17. The van der Waals surface area contributed by atoms with Gasteiger partial charge in [0.05, 0.1) is 0 Å². The summed E-state index contributed by atoms with van der Waals surface area (Å²) in [5.74, 6) is 1.77. The molecular weight excluding hydrogens is 224 g/mol. The predicted octanol–water partition coefficient (Wildman–Crippen LogP) is 3.76. The highest BCUT2D eigenvalue weighted by molar-refractivity contribution is 5.87. The van der Waals surface area contributed by atoms with E-state index in [-0.39, 0.29) is 5.60 Å². The van der Waals surface area contributed by atoms with Gasteiger partial charge in [-0.25, -0.2) is 4.98 Å². The molecule has 96 valence electrons. The van der Waals surface area contributed by atoms with E-state index in [0.29, 0.717) is 0 Å². The molecule has 0 aliphatic carbocycles. The van der Waals surface area contributed by atoms with Crippen LogP contribution in [0.5, 0.6) is 5.75 Å². The summed E-state index contributed by atoms with van der Waals surface area (Å²) in [5, 5.41) is 5.38. The molecule has 0 fully saturated rings. The molecule has 0 aliphatic heterocycles. The average Bonchev–Trinajstić information content (AvgIpc) is 2.26. The summed E-state index contributed by atoms with van der Waals surface area (Å²) in [4.78, 5) is 4.47. The number of nitrogens with zero attached hydrogens (tertiary/aromatic N) is 1. The minimum atomic E-state index is -0.179. The lowest BCUT2D eigenvalue weighted by atomic mass is 10.1. The van der Waals surface area contributed by atoms with E-state index in [1.54, 1.807) is 0 Å². The van der Waals surface area contributed by atoms with Crippen LogP contribution in [-0.2, 0) is 0 Å². The van der Waals surface area contributed by atoms with Crippen LogP contribution in [0.25, 0.3) is 10.8 Å². The van der Waals surface area contributed by atoms with Gasteiger partial charge in [0, 0.05) is 18.1 Å². The Balaban J connectivity index is 2.50. The minimum Gasteiger partial charge on any atom is -0.488 e. The van der Waals surface area contributed by atoms with Crippen molar-refractivity contribution in [2.75, 3.05) is 12.4 Å². The molecule has 2 aromatic rings. The number of hydrogen-bond donors (Lipinski definition) is 1. The Morgan fingerprint density at radius 1 is 1.17 bits per heavy atom. The first-order valence-corrected chi connectivity index (χ1v) is 6.17. The molecule has 1 N–H and O–H groups in total. The molecule has 1 heterocycles. The van der Waals surface area contributed by atoms with Crippen LogP contribution in [0, 0.1) is 6.92 Å². The zero-order chi connectivity index (χ0) is 13.3. The molecule has 0 bridgehead atoms. The van der Waals surface area contributed by atoms with Crippen molar-refractivity contribution < 1.29 is 4.74 Å². The van der Waals surface area contributed by atoms with E-state index in [1.807, 2.05) is 46.9 Å². The molecule has 0 atom stereocenters. The summed E-state index contributed by atoms with van der Waals surface area (Å²) in [6.07, 6.45) is 0. The summed E-state index contributed by atoms with van der Waals surface area (Å²) >= 11 is 0. The normalized spacial score (nSPS) is 11.6. The Morgan fingerprint density at radius 2 is 1.89 bits per heavy atom. The molecule has 0 amide bonds. The fourth-order valence-corrected chi connectivity index (χ4v) is 1.96. The monoisotopic (exact) mass is 244 g/mol. The lowest BCUT2D eigenvalue weighted by molar-refractivity contribution is 0.131. The molecule has 0 aliphatic rings. The van der Waals surface area contributed by atoms with Gasteiger partial charge in [-0.2, -0.15) is 0 Å². The van der Waals surface area contributed by atoms with Gasteiger partial charge in [0.15, 0.2) is 0 Å². The largest absolute Gasteiger partial charge is 0.488 e. The highest BCUT2D eigenvalue weighted by atomic mass is 16.5. The van der Waals surface area contributed by atoms with Gasteiger partial charge < -0.3 is 10.1 Å². The number of ether oxygens (including phenoxy) is 1. The van der Waals surface area contributed by atoms with Gasteiger partial charge in [-0.05, 0) is 57.3 Å². The highest BCUT2D eigenvalue weighted by Gasteiger charge is 2.12. The molecule has 18 heavy (non-hydrogen) atoms. The number of aromatic nitrogens is 1. The van der Waals surface area contributed by atoms with Crippen molar-refractivity contribution in [3.63, 3.8) is 0 Å². The van der Waals surface area contributed by atoms with Gasteiger partial charge in [-0.3, -0.25) is 0 Å². The lowest BCUT2D eigenvalue weighted by Gasteiger charge is -2.21. The maximum atomic E-state index is 5.88. The molecule has 0 unspecified atom stereocenters. The fourth-order valence-electron chi connectivity index (χ4n) is 1.96. The van der Waals surface area contributed by atoms with Crippen LogP contribution in [0.1, 0.15) is 26.5 Å². The van der Waals surface area contributed by atoms with Crippen LogP contribution in [0.2, 0.25) is 0 Å². The third-order valence-corrected chi connectivity index (χ3v) is 2.67. The second-order valence-electron chi connectivity index (χ2n) is 5.44. The number of hydrogen-bond acceptors (Lipinski definition) is 3. The standard InChI is InChI=1S/C15H20N2O/c1-10-13-7-6-12(18-15(2,3)4)8-11(13)9-14(16-5)17-10/h6-9H,1-5H3,(H,16,17). The maximum absolute atomic E-state index is 5.88. The molecule has 3 nitrogen and oxygen atoms in total. The maximum Gasteiger partial charge on any atom is 0.126 e. The topological polar surface area (TPSA) is 34.1 Å². The van der Waals surface area contributed by atoms with Crippen molar-refractivity contribution in [2.45, 2.75) is 33.3 Å². The van der Waals surface area contributed by atoms with Gasteiger partial charge >= 0.3 is 0 Å². The quantitative estimate of drug-likeness (QED) is 0.873. The molecule has 3 heteroatoms. The molecule has 2 rings (SSSR count). The van der Waals surface area contributed by atoms with Crippen LogP contribution >= 0.6 is 0 Å². The van der Waals surface area contributed by atoms with Gasteiger partial charge in [0.25, 0.3) is 0 Å². The number of aryl methyl sites for hydroxylation is 1. The van der Waals surface area contributed by atoms with Crippen molar-refractivity contribution in [3.8, 4) is 5.75 Å². The van der Waals surface area contributed by atoms with E-state index in [0.717, 1.165) is 28.0 Å². The van der Waals surface area contributed by atoms with E-state index < -0.39 is 0 Å². The second-order valence-corrected chi connectivity index (χ2v) is 5.44. The molecule has 0 radical (unpaired) electrons. The Morgan fingerprint density at radius 3 is 2.50 bits per heavy atom. The Hall–Kier alpha value is -1.77. The van der Waals surface area contributed by atoms with Gasteiger partial charge in [0.2, 0.25) is 0 Å². The van der Waals surface area contributed by atoms with Gasteiger partial charge in [-0.1, -0.05) is 0 Å². The molecule has 1 aromatic carbocycles. The van der Waals surface area contributed by atoms with Crippen molar-refractivity contribution >= 4 is 16.6 Å². The van der Waals surface area contributed by atoms with Crippen LogP contribution in [0.3, 0.4) is 0 Å². The van der Waals surface area contributed by atoms with Crippen molar-refractivity contribution in [1.82, 2.24) is 4.98 Å². The van der Waals surface area contributed by atoms with Crippen LogP contribution in [0.4, 0.5) is 5.82 Å². The van der Waals surface area contributed by atoms with Crippen molar-refractivity contribution in [3.05, 3.63) is 30.0 Å². The Labute approximate surface area is 108 Å². The van der Waals surface area contributed by atoms with Crippen LogP contribution < -0.4 is 10.1 Å². The van der Waals surface area contributed by atoms with E-state index in [1.165, 1.54) is 0 Å². The third kappa shape index (κ3) is 2.73. The highest BCUT2D eigenvalue weighted by Crippen LogP contribution is 2.27. The SMILES string of the molecule is CNc1cc2cc(OC(C)(C)C)ccc2c(C)n1. The first kappa shape index (κ1) is 12.7. The number of rotatable bonds is 2. The summed E-state index contributed by atoms with van der Waals surface area (Å²) in [6.45, 7) is 8.17. The number of nitrogens with one attached hydrogen (secondary N) is 1. The minimum absolute atomic E-state index is 0.179. The van der Waals surface area contributed by atoms with E-state index in [4.69, 9.17) is 4.74 Å². The lowest BCUT2D eigenvalue weighted by Crippen LogP contribution is -2.22. The fraction of sp³-hybridized carbons (Fsp3) is 0.400. The van der Waals surface area contributed by atoms with Crippen molar-refractivity contribution in [2.24, 2.45) is 0 Å². The Bertz CT molecular complexity index is 570. The number of anilines is 1. The number of pyridine rings is 1. The Kier molecular flexibility index (Phi) is 3.16. The van der Waals surface area contributed by atoms with Crippen molar-refractivity contribution in [1.29, 1.82) is 0 Å². The van der Waals surface area contributed by atoms with Crippen LogP contribution in [-0.4, -0.2) is 17.6 Å². The zero-order valence-corrected chi connectivity index (χ0v) is 11.7. The van der Waals surface area contributed by atoms with E-state index in [2.05, 4.69) is 22.4 Å². The van der Waals surface area contributed by atoms with E-state index in [9.17, 15) is 0 Å². The first-order chi connectivity index (χ1) is 8.39. The number of benzene rings is 1. The summed E-state index contributed by atoms with van der Waals surface area (Å²) in [6, 6.07) is 8.17. The molecular formula is C15H20N2O. The summed E-state index contributed by atoms with van der Waals surface area (Å²) in [7, 11) is 1.88. The summed E-state index contributed by atoms with van der Waals surface area (Å²) < 4.78 is 5.88. The molecule has 0 saturated heterocycles. The number of fused-ring (bicyclic) bond motifs is 1. The van der Waals surface area contributed by atoms with Crippen LogP contribution in [0.15, 0.2) is 24.3 Å².